The largest absolute Gasteiger partial charge is 0.417 e. The van der Waals surface area contributed by atoms with Gasteiger partial charge in [0.05, 0.1) is 21.8 Å². The van der Waals surface area contributed by atoms with Crippen molar-refractivity contribution < 1.29 is 31.2 Å². The predicted octanol–water partition coefficient (Wildman–Crippen LogP) is 2.03. The van der Waals surface area contributed by atoms with Crippen LogP contribution in [0, 0.1) is 11.3 Å². The van der Waals surface area contributed by atoms with Crippen LogP contribution in [-0.4, -0.2) is 48.5 Å². The highest BCUT2D eigenvalue weighted by atomic mass is 32.2. The van der Waals surface area contributed by atoms with Crippen LogP contribution in [0.1, 0.15) is 38.2 Å². The Balaban J connectivity index is 1.93. The molecule has 30 heavy (non-hydrogen) atoms. The van der Waals surface area contributed by atoms with E-state index in [9.17, 15) is 31.2 Å². The molecule has 1 saturated carbocycles. The molecule has 0 aromatic heterocycles. The van der Waals surface area contributed by atoms with Crippen molar-refractivity contribution in [3.05, 3.63) is 29.8 Å². The summed E-state index contributed by atoms with van der Waals surface area (Å²) in [6, 6.07) is 4.67. The van der Waals surface area contributed by atoms with Crippen molar-refractivity contribution in [2.75, 3.05) is 6.54 Å². The number of nitrogens with zero attached hydrogens (tertiary/aromatic N) is 2. The van der Waals surface area contributed by atoms with Gasteiger partial charge in [-0.1, -0.05) is 19.1 Å². The lowest BCUT2D eigenvalue weighted by atomic mass is 10.1. The van der Waals surface area contributed by atoms with Gasteiger partial charge in [0.1, 0.15) is 11.6 Å². The Labute approximate surface area is 171 Å². The normalized spacial score (nSPS) is 23.0. The van der Waals surface area contributed by atoms with Gasteiger partial charge in [0.2, 0.25) is 11.8 Å². The molecule has 0 unspecified atom stereocenters. The van der Waals surface area contributed by atoms with Crippen molar-refractivity contribution in [3.63, 3.8) is 0 Å². The smallest absolute Gasteiger partial charge is 0.336 e. The van der Waals surface area contributed by atoms with Gasteiger partial charge in [-0.2, -0.15) is 18.4 Å². The number of amides is 2. The maximum atomic E-state index is 13.3. The van der Waals surface area contributed by atoms with Crippen molar-refractivity contribution in [2.24, 2.45) is 0 Å². The van der Waals surface area contributed by atoms with Gasteiger partial charge in [0, 0.05) is 13.0 Å². The summed E-state index contributed by atoms with van der Waals surface area (Å²) in [5.74, 6) is -1.16. The van der Waals surface area contributed by atoms with E-state index in [0.29, 0.717) is 18.9 Å². The minimum Gasteiger partial charge on any atom is -0.336 e. The standard InChI is InChI=1S/C19H20F3N3O4S/c1-2-16(26)25-10-12(9-14(25)17(27)24-18(11-23)7-8-18)30(28,29)15-6-4-3-5-13(15)19(20,21)22/h3-6,12,14H,2,7-10H2,1H3,(H,24,27)/t12-,14+/m1/s1. The van der Waals surface area contributed by atoms with Gasteiger partial charge < -0.3 is 10.2 Å². The maximum absolute atomic E-state index is 13.3. The van der Waals surface area contributed by atoms with Crippen LogP contribution in [-0.2, 0) is 25.6 Å². The summed E-state index contributed by atoms with van der Waals surface area (Å²) in [4.78, 5) is 25.2. The number of carbonyl (C=O) groups excluding carboxylic acids is 2. The zero-order chi connectivity index (χ0) is 22.3. The molecule has 1 aliphatic heterocycles. The second kappa shape index (κ2) is 7.58. The number of benzene rings is 1. The second-order valence-corrected chi connectivity index (χ2v) is 9.69. The number of halogens is 3. The molecule has 0 spiro atoms. The van der Waals surface area contributed by atoms with Crippen molar-refractivity contribution >= 4 is 21.7 Å². The van der Waals surface area contributed by atoms with E-state index in [2.05, 4.69) is 5.32 Å². The molecule has 1 aromatic carbocycles. The van der Waals surface area contributed by atoms with Gasteiger partial charge in [-0.05, 0) is 31.4 Å². The molecule has 0 radical (unpaired) electrons. The van der Waals surface area contributed by atoms with E-state index in [1.807, 2.05) is 6.07 Å². The Morgan fingerprint density at radius 2 is 1.93 bits per heavy atom. The summed E-state index contributed by atoms with van der Waals surface area (Å²) in [7, 11) is -4.49. The van der Waals surface area contributed by atoms with E-state index in [1.165, 1.54) is 13.0 Å². The first-order valence-electron chi connectivity index (χ1n) is 9.38. The Kier molecular flexibility index (Phi) is 5.58. The maximum Gasteiger partial charge on any atom is 0.417 e. The van der Waals surface area contributed by atoms with Crippen molar-refractivity contribution in [3.8, 4) is 6.07 Å². The molecule has 0 bridgehead atoms. The first-order valence-corrected chi connectivity index (χ1v) is 10.9. The van der Waals surface area contributed by atoms with Crippen LogP contribution in [0.2, 0.25) is 0 Å². The van der Waals surface area contributed by atoms with E-state index in [4.69, 9.17) is 5.26 Å². The van der Waals surface area contributed by atoms with E-state index in [-0.39, 0.29) is 12.8 Å². The number of sulfone groups is 1. The molecule has 11 heteroatoms. The fourth-order valence-electron chi connectivity index (χ4n) is 3.59. The van der Waals surface area contributed by atoms with Gasteiger partial charge in [0.15, 0.2) is 9.84 Å². The predicted molar refractivity (Wildman–Crippen MR) is 98.5 cm³/mol. The monoisotopic (exact) mass is 443 g/mol. The molecule has 2 amide bonds. The molecule has 1 aliphatic carbocycles. The summed E-state index contributed by atoms with van der Waals surface area (Å²) in [6.45, 7) is 1.15. The third kappa shape index (κ3) is 4.01. The highest BCUT2D eigenvalue weighted by Gasteiger charge is 2.51. The van der Waals surface area contributed by atoms with Gasteiger partial charge >= 0.3 is 6.18 Å². The fourth-order valence-corrected chi connectivity index (χ4v) is 5.50. The topological polar surface area (TPSA) is 107 Å². The Morgan fingerprint density at radius 1 is 1.30 bits per heavy atom. The molecule has 1 aromatic rings. The van der Waals surface area contributed by atoms with Gasteiger partial charge in [-0.15, -0.1) is 0 Å². The first kappa shape index (κ1) is 22.1. The van der Waals surface area contributed by atoms with Crippen LogP contribution in [0.3, 0.4) is 0 Å². The third-order valence-corrected chi connectivity index (χ3v) is 7.64. The molecular weight excluding hydrogens is 423 g/mol. The van der Waals surface area contributed by atoms with Crippen LogP contribution in [0.25, 0.3) is 0 Å². The molecule has 3 rings (SSSR count). The minimum absolute atomic E-state index is 0.000914. The van der Waals surface area contributed by atoms with Crippen LogP contribution < -0.4 is 5.32 Å². The van der Waals surface area contributed by atoms with Crippen LogP contribution in [0.15, 0.2) is 29.2 Å². The van der Waals surface area contributed by atoms with E-state index < -0.39 is 61.7 Å². The molecule has 7 nitrogen and oxygen atoms in total. The number of nitrogens with one attached hydrogen (secondary N) is 1. The first-order chi connectivity index (χ1) is 13.9. The van der Waals surface area contributed by atoms with Gasteiger partial charge in [-0.25, -0.2) is 8.42 Å². The van der Waals surface area contributed by atoms with Crippen molar-refractivity contribution in [2.45, 2.75) is 60.5 Å². The summed E-state index contributed by atoms with van der Waals surface area (Å²) in [6.07, 6.45) is -4.31. The molecule has 1 saturated heterocycles. The Bertz CT molecular complexity index is 1010. The fraction of sp³-hybridized carbons (Fsp3) is 0.526. The Hall–Kier alpha value is -2.61. The van der Waals surface area contributed by atoms with Crippen molar-refractivity contribution in [1.29, 1.82) is 5.26 Å². The quantitative estimate of drug-likeness (QED) is 0.749. The lowest BCUT2D eigenvalue weighted by Gasteiger charge is -2.24. The highest BCUT2D eigenvalue weighted by Crippen LogP contribution is 2.38. The van der Waals surface area contributed by atoms with E-state index in [1.54, 1.807) is 0 Å². The molecule has 162 valence electrons. The molecule has 2 fully saturated rings. The number of rotatable bonds is 5. The number of alkyl halides is 3. The average molecular weight is 443 g/mol. The third-order valence-electron chi connectivity index (χ3n) is 5.45. The summed E-state index contributed by atoms with van der Waals surface area (Å²) in [5, 5.41) is 10.3. The molecule has 1 heterocycles. The summed E-state index contributed by atoms with van der Waals surface area (Å²) >= 11 is 0. The van der Waals surface area contributed by atoms with Gasteiger partial charge in [-0.3, -0.25) is 9.59 Å². The molecule has 2 atom stereocenters. The number of carbonyl (C=O) groups is 2. The lowest BCUT2D eigenvalue weighted by molar-refractivity contribution is -0.140. The summed E-state index contributed by atoms with van der Waals surface area (Å²) in [5.41, 5.74) is -2.30. The average Bonchev–Trinajstić information content (AvgIpc) is 3.32. The van der Waals surface area contributed by atoms with Crippen LogP contribution in [0.4, 0.5) is 13.2 Å². The van der Waals surface area contributed by atoms with Crippen molar-refractivity contribution in [1.82, 2.24) is 10.2 Å². The molecule has 2 aliphatic rings. The molecule has 1 N–H and O–H groups in total. The number of nitriles is 1. The zero-order valence-electron chi connectivity index (χ0n) is 16.1. The highest BCUT2D eigenvalue weighted by molar-refractivity contribution is 7.92. The number of hydrogen-bond donors (Lipinski definition) is 1. The zero-order valence-corrected chi connectivity index (χ0v) is 16.9. The molecular formula is C19H20F3N3O4S. The Morgan fingerprint density at radius 3 is 2.47 bits per heavy atom. The van der Waals surface area contributed by atoms with Gasteiger partial charge in [0.25, 0.3) is 0 Å². The second-order valence-electron chi connectivity index (χ2n) is 7.50. The van der Waals surface area contributed by atoms with E-state index in [0.717, 1.165) is 17.0 Å². The minimum atomic E-state index is -4.87. The lowest BCUT2D eigenvalue weighted by Crippen LogP contribution is -2.49. The SMILES string of the molecule is CCC(=O)N1C[C@H](S(=O)(=O)c2ccccc2C(F)(F)F)C[C@H]1C(=O)NC1(C#N)CC1. The number of hydrogen-bond acceptors (Lipinski definition) is 5. The van der Waals surface area contributed by atoms with Crippen LogP contribution in [0.5, 0.6) is 0 Å². The number of likely N-dealkylation sites (tertiary alicyclic amines) is 1. The van der Waals surface area contributed by atoms with E-state index >= 15 is 0 Å². The van der Waals surface area contributed by atoms with Crippen LogP contribution >= 0.6 is 0 Å². The summed E-state index contributed by atoms with van der Waals surface area (Å²) < 4.78 is 66.1.